The fourth-order valence-electron chi connectivity index (χ4n) is 2.34. The molecule has 0 N–H and O–H groups in total. The van der Waals surface area contributed by atoms with E-state index in [1.54, 1.807) is 30.2 Å². The minimum atomic E-state index is -3.60. The molecule has 2 aromatic carbocycles. The number of carbonyl (C=O) groups is 1. The number of amides is 1. The topological polar surface area (TPSA) is 72.9 Å². The first-order valence-corrected chi connectivity index (χ1v) is 11.1. The fraction of sp³-hybridized carbons (Fsp3) is 0.316. The molecule has 27 heavy (non-hydrogen) atoms. The fourth-order valence-corrected chi connectivity index (χ4v) is 3.61. The maximum atomic E-state index is 12.7. The highest BCUT2D eigenvalue weighted by atomic mass is 32.2. The molecule has 0 atom stereocenters. The van der Waals surface area contributed by atoms with Gasteiger partial charge in [-0.05, 0) is 29.8 Å². The number of ether oxygens (including phenoxy) is 1. The zero-order valence-corrected chi connectivity index (χ0v) is 17.0. The molecule has 0 aliphatic rings. The molecule has 0 saturated carbocycles. The van der Waals surface area contributed by atoms with Crippen LogP contribution in [-0.4, -0.2) is 51.5 Å². The lowest BCUT2D eigenvalue weighted by atomic mass is 10.2. The second-order valence-corrected chi connectivity index (χ2v) is 8.47. The van der Waals surface area contributed by atoms with Gasteiger partial charge in [0.1, 0.15) is 5.75 Å². The Kier molecular flexibility index (Phi) is 8.15. The summed E-state index contributed by atoms with van der Waals surface area (Å²) in [6, 6.07) is 16.4. The van der Waals surface area contributed by atoms with Crippen molar-refractivity contribution in [2.45, 2.75) is 11.4 Å². The average Bonchev–Trinajstić information content (AvgIpc) is 2.63. The van der Waals surface area contributed by atoms with Crippen LogP contribution in [0.25, 0.3) is 0 Å². The molecule has 146 valence electrons. The summed E-state index contributed by atoms with van der Waals surface area (Å²) >= 11 is 1.48. The highest BCUT2D eigenvalue weighted by Gasteiger charge is 2.15. The van der Waals surface area contributed by atoms with Gasteiger partial charge in [-0.1, -0.05) is 30.3 Å². The molecule has 0 radical (unpaired) electrons. The molecule has 0 aromatic heterocycles. The van der Waals surface area contributed by atoms with Crippen LogP contribution in [0.2, 0.25) is 0 Å². The van der Waals surface area contributed by atoms with E-state index in [0.29, 0.717) is 25.4 Å². The van der Waals surface area contributed by atoms with Crippen LogP contribution in [-0.2, 0) is 26.2 Å². The highest BCUT2D eigenvalue weighted by molar-refractivity contribution is 8.00. The summed E-state index contributed by atoms with van der Waals surface area (Å²) in [5.41, 5.74) is 0.783. The second-order valence-electron chi connectivity index (χ2n) is 5.84. The van der Waals surface area contributed by atoms with Crippen LogP contribution in [0.3, 0.4) is 0 Å². The average molecular weight is 410 g/mol. The van der Waals surface area contributed by atoms with Crippen LogP contribution < -0.4 is 4.18 Å². The van der Waals surface area contributed by atoms with Crippen molar-refractivity contribution in [3.05, 3.63) is 60.2 Å². The SMILES string of the molecule is COCCN(Cc1cccc(OS(C)(=O)=O)c1)C(=O)CSc1ccccc1. The Bertz CT molecular complexity index is 840. The molecule has 2 aromatic rings. The third-order valence-electron chi connectivity index (χ3n) is 3.54. The van der Waals surface area contributed by atoms with Gasteiger partial charge in [0.15, 0.2) is 0 Å². The number of thioether (sulfide) groups is 1. The maximum absolute atomic E-state index is 12.7. The Morgan fingerprint density at radius 3 is 2.52 bits per heavy atom. The van der Waals surface area contributed by atoms with Crippen molar-refractivity contribution in [1.82, 2.24) is 4.90 Å². The van der Waals surface area contributed by atoms with Crippen molar-refractivity contribution in [2.75, 3.05) is 32.3 Å². The Morgan fingerprint density at radius 2 is 1.85 bits per heavy atom. The van der Waals surface area contributed by atoms with Gasteiger partial charge < -0.3 is 13.8 Å². The molecule has 8 heteroatoms. The first kappa shape index (κ1) is 21.3. The van der Waals surface area contributed by atoms with Gasteiger partial charge in [-0.25, -0.2) is 0 Å². The Labute approximate surface area is 164 Å². The van der Waals surface area contributed by atoms with Crippen LogP contribution in [0.1, 0.15) is 5.56 Å². The molecule has 0 unspecified atom stereocenters. The Balaban J connectivity index is 2.04. The summed E-state index contributed by atoms with van der Waals surface area (Å²) < 4.78 is 32.6. The monoisotopic (exact) mass is 409 g/mol. The van der Waals surface area contributed by atoms with E-state index < -0.39 is 10.1 Å². The summed E-state index contributed by atoms with van der Waals surface area (Å²) in [7, 11) is -2.01. The summed E-state index contributed by atoms with van der Waals surface area (Å²) in [5, 5.41) is 0. The predicted molar refractivity (Wildman–Crippen MR) is 106 cm³/mol. The summed E-state index contributed by atoms with van der Waals surface area (Å²) in [5.74, 6) is 0.524. The van der Waals surface area contributed by atoms with Gasteiger partial charge in [-0.2, -0.15) is 8.42 Å². The van der Waals surface area contributed by atoms with Crippen LogP contribution in [0, 0.1) is 0 Å². The highest BCUT2D eigenvalue weighted by Crippen LogP contribution is 2.20. The first-order valence-electron chi connectivity index (χ1n) is 8.30. The zero-order valence-electron chi connectivity index (χ0n) is 15.3. The van der Waals surface area contributed by atoms with Crippen LogP contribution in [0.5, 0.6) is 5.75 Å². The molecule has 0 aliphatic heterocycles. The lowest BCUT2D eigenvalue weighted by Gasteiger charge is -2.22. The van der Waals surface area contributed by atoms with E-state index in [0.717, 1.165) is 16.7 Å². The largest absolute Gasteiger partial charge is 0.383 e. The van der Waals surface area contributed by atoms with Crippen molar-refractivity contribution in [3.63, 3.8) is 0 Å². The van der Waals surface area contributed by atoms with E-state index >= 15 is 0 Å². The number of nitrogens with zero attached hydrogens (tertiary/aromatic N) is 1. The van der Waals surface area contributed by atoms with Gasteiger partial charge in [-0.3, -0.25) is 4.79 Å². The lowest BCUT2D eigenvalue weighted by molar-refractivity contribution is -0.129. The number of benzene rings is 2. The molecule has 0 bridgehead atoms. The molecule has 1 amide bonds. The normalized spacial score (nSPS) is 11.2. The van der Waals surface area contributed by atoms with Gasteiger partial charge in [0.25, 0.3) is 0 Å². The van der Waals surface area contributed by atoms with Crippen LogP contribution >= 0.6 is 11.8 Å². The van der Waals surface area contributed by atoms with E-state index in [9.17, 15) is 13.2 Å². The van der Waals surface area contributed by atoms with E-state index in [1.807, 2.05) is 36.4 Å². The van der Waals surface area contributed by atoms with Gasteiger partial charge >= 0.3 is 10.1 Å². The van der Waals surface area contributed by atoms with Crippen molar-refractivity contribution in [3.8, 4) is 5.75 Å². The van der Waals surface area contributed by atoms with Crippen LogP contribution in [0.15, 0.2) is 59.5 Å². The number of hydrogen-bond donors (Lipinski definition) is 0. The first-order chi connectivity index (χ1) is 12.9. The van der Waals surface area contributed by atoms with Crippen molar-refractivity contribution >= 4 is 27.8 Å². The molecular weight excluding hydrogens is 386 g/mol. The molecule has 6 nitrogen and oxygen atoms in total. The molecule has 0 aliphatic carbocycles. The molecule has 0 fully saturated rings. The van der Waals surface area contributed by atoms with Gasteiger partial charge in [0.05, 0.1) is 18.6 Å². The van der Waals surface area contributed by atoms with Crippen LogP contribution in [0.4, 0.5) is 0 Å². The number of rotatable bonds is 10. The number of hydrogen-bond acceptors (Lipinski definition) is 6. The molecule has 0 spiro atoms. The van der Waals surface area contributed by atoms with Crippen molar-refractivity contribution in [2.24, 2.45) is 0 Å². The van der Waals surface area contributed by atoms with Crippen molar-refractivity contribution < 1.29 is 22.1 Å². The predicted octanol–water partition coefficient (Wildman–Crippen LogP) is 2.79. The smallest absolute Gasteiger partial charge is 0.306 e. The molecule has 2 rings (SSSR count). The summed E-state index contributed by atoms with van der Waals surface area (Å²) in [4.78, 5) is 15.4. The minimum Gasteiger partial charge on any atom is -0.383 e. The minimum absolute atomic E-state index is 0.0182. The number of methoxy groups -OCH3 is 1. The number of carbonyl (C=O) groups excluding carboxylic acids is 1. The quantitative estimate of drug-likeness (QED) is 0.444. The van der Waals surface area contributed by atoms with Gasteiger partial charge in [0.2, 0.25) is 5.91 Å². The molecule has 0 heterocycles. The lowest BCUT2D eigenvalue weighted by Crippen LogP contribution is -2.34. The third-order valence-corrected chi connectivity index (χ3v) is 5.04. The second kappa shape index (κ2) is 10.3. The van der Waals surface area contributed by atoms with E-state index in [-0.39, 0.29) is 11.7 Å². The van der Waals surface area contributed by atoms with Gasteiger partial charge in [0, 0.05) is 25.1 Å². The molecule has 0 saturated heterocycles. The Hall–Kier alpha value is -2.03. The van der Waals surface area contributed by atoms with E-state index in [2.05, 4.69) is 0 Å². The Morgan fingerprint density at radius 1 is 1.11 bits per heavy atom. The summed E-state index contributed by atoms with van der Waals surface area (Å²) in [6.45, 7) is 1.21. The standard InChI is InChI=1S/C19H23NO5S2/c1-24-12-11-20(19(21)15-26-18-9-4-3-5-10-18)14-16-7-6-8-17(13-16)25-27(2,22)23/h3-10,13H,11-12,14-15H2,1-2H3. The maximum Gasteiger partial charge on any atom is 0.306 e. The summed E-state index contributed by atoms with van der Waals surface area (Å²) in [6.07, 6.45) is 0.995. The molecular formula is C19H23NO5S2. The van der Waals surface area contributed by atoms with Gasteiger partial charge in [-0.15, -0.1) is 11.8 Å². The zero-order chi connectivity index (χ0) is 19.7. The van der Waals surface area contributed by atoms with Crippen molar-refractivity contribution in [1.29, 1.82) is 0 Å². The van der Waals surface area contributed by atoms with E-state index in [1.165, 1.54) is 11.8 Å². The van der Waals surface area contributed by atoms with E-state index in [4.69, 9.17) is 8.92 Å². The third kappa shape index (κ3) is 8.03.